The Morgan fingerprint density at radius 2 is 2.10 bits per heavy atom. The minimum atomic E-state index is -1.03. The second kappa shape index (κ2) is 6.47. The van der Waals surface area contributed by atoms with Crippen LogP contribution in [0.3, 0.4) is 0 Å². The number of esters is 1. The standard InChI is InChI=1S/C15H16F2N2O2/c1-3-7-18-13-9-5-6-11(16)12(17)14(9)19-8-10(13)15(20)21-4-2/h5-6,8H,3-4,7H2,1-2H3,(H,18,19). The molecule has 0 amide bonds. The first kappa shape index (κ1) is 15.2. The van der Waals surface area contributed by atoms with E-state index in [0.717, 1.165) is 12.5 Å². The minimum absolute atomic E-state index is 0.110. The fourth-order valence-electron chi connectivity index (χ4n) is 2.01. The van der Waals surface area contributed by atoms with E-state index in [2.05, 4.69) is 10.3 Å². The van der Waals surface area contributed by atoms with E-state index in [1.54, 1.807) is 6.92 Å². The van der Waals surface area contributed by atoms with Gasteiger partial charge in [-0.1, -0.05) is 6.92 Å². The Hall–Kier alpha value is -2.24. The molecule has 112 valence electrons. The smallest absolute Gasteiger partial charge is 0.341 e. The molecule has 0 saturated heterocycles. The number of ether oxygens (including phenoxy) is 1. The van der Waals surface area contributed by atoms with Gasteiger partial charge in [0.05, 0.1) is 12.3 Å². The van der Waals surface area contributed by atoms with Gasteiger partial charge < -0.3 is 10.1 Å². The molecule has 0 aliphatic rings. The summed E-state index contributed by atoms with van der Waals surface area (Å²) in [5.74, 6) is -2.54. The van der Waals surface area contributed by atoms with E-state index in [4.69, 9.17) is 4.74 Å². The zero-order valence-corrected chi connectivity index (χ0v) is 11.9. The van der Waals surface area contributed by atoms with Crippen LogP contribution in [0.4, 0.5) is 14.5 Å². The van der Waals surface area contributed by atoms with Crippen LogP contribution in [-0.2, 0) is 4.74 Å². The number of fused-ring (bicyclic) bond motifs is 1. The lowest BCUT2D eigenvalue weighted by Gasteiger charge is -2.13. The molecule has 0 spiro atoms. The molecular formula is C15H16F2N2O2. The molecule has 21 heavy (non-hydrogen) atoms. The number of hydrogen-bond acceptors (Lipinski definition) is 4. The molecule has 1 N–H and O–H groups in total. The topological polar surface area (TPSA) is 51.2 Å². The molecule has 0 saturated carbocycles. The highest BCUT2D eigenvalue weighted by Crippen LogP contribution is 2.29. The number of carbonyl (C=O) groups is 1. The Kier molecular flexibility index (Phi) is 4.67. The number of carbonyl (C=O) groups excluding carboxylic acids is 1. The molecule has 0 radical (unpaired) electrons. The van der Waals surface area contributed by atoms with Crippen molar-refractivity contribution < 1.29 is 18.3 Å². The van der Waals surface area contributed by atoms with Gasteiger partial charge in [0.15, 0.2) is 11.6 Å². The van der Waals surface area contributed by atoms with Crippen molar-refractivity contribution in [2.45, 2.75) is 20.3 Å². The summed E-state index contributed by atoms with van der Waals surface area (Å²) in [5, 5.41) is 3.42. The number of nitrogens with one attached hydrogen (secondary N) is 1. The second-order valence-corrected chi connectivity index (χ2v) is 4.45. The average molecular weight is 294 g/mol. The molecule has 0 atom stereocenters. The molecular weight excluding hydrogens is 278 g/mol. The van der Waals surface area contributed by atoms with Gasteiger partial charge in [0.25, 0.3) is 0 Å². The molecule has 0 unspecified atom stereocenters. The number of benzene rings is 1. The fraction of sp³-hybridized carbons (Fsp3) is 0.333. The van der Waals surface area contributed by atoms with Gasteiger partial charge in [-0.3, -0.25) is 4.98 Å². The Balaban J connectivity index is 2.64. The predicted molar refractivity (Wildman–Crippen MR) is 76.4 cm³/mol. The number of aromatic nitrogens is 1. The fourth-order valence-corrected chi connectivity index (χ4v) is 2.01. The largest absolute Gasteiger partial charge is 0.462 e. The number of hydrogen-bond donors (Lipinski definition) is 1. The van der Waals surface area contributed by atoms with Crippen molar-refractivity contribution in [2.75, 3.05) is 18.5 Å². The van der Waals surface area contributed by atoms with Crippen molar-refractivity contribution in [1.29, 1.82) is 0 Å². The average Bonchev–Trinajstić information content (AvgIpc) is 2.48. The first-order chi connectivity index (χ1) is 10.1. The van der Waals surface area contributed by atoms with E-state index in [-0.39, 0.29) is 17.7 Å². The number of anilines is 1. The number of pyridine rings is 1. The van der Waals surface area contributed by atoms with Gasteiger partial charge in [0.2, 0.25) is 0 Å². The van der Waals surface area contributed by atoms with Crippen LogP contribution in [-0.4, -0.2) is 24.1 Å². The Bertz CT molecular complexity index is 674. The van der Waals surface area contributed by atoms with Gasteiger partial charge >= 0.3 is 5.97 Å². The maximum atomic E-state index is 13.8. The van der Waals surface area contributed by atoms with Crippen molar-refractivity contribution in [3.8, 4) is 0 Å². The molecule has 2 aromatic rings. The highest BCUT2D eigenvalue weighted by Gasteiger charge is 2.19. The van der Waals surface area contributed by atoms with Gasteiger partial charge in [-0.05, 0) is 25.5 Å². The van der Waals surface area contributed by atoms with Crippen LogP contribution >= 0.6 is 0 Å². The molecule has 0 aliphatic heterocycles. The lowest BCUT2D eigenvalue weighted by atomic mass is 10.1. The van der Waals surface area contributed by atoms with Gasteiger partial charge in [-0.2, -0.15) is 0 Å². The summed E-state index contributed by atoms with van der Waals surface area (Å²) in [6.45, 7) is 4.47. The Morgan fingerprint density at radius 3 is 2.76 bits per heavy atom. The molecule has 2 rings (SSSR count). The van der Waals surface area contributed by atoms with Crippen LogP contribution in [0.2, 0.25) is 0 Å². The first-order valence-corrected chi connectivity index (χ1v) is 6.77. The Labute approximate surface area is 121 Å². The number of nitrogens with zero attached hydrogens (tertiary/aromatic N) is 1. The van der Waals surface area contributed by atoms with Crippen molar-refractivity contribution in [3.63, 3.8) is 0 Å². The molecule has 6 heteroatoms. The molecule has 1 aromatic heterocycles. The highest BCUT2D eigenvalue weighted by molar-refractivity contribution is 6.05. The van der Waals surface area contributed by atoms with Crippen LogP contribution < -0.4 is 5.32 Å². The monoisotopic (exact) mass is 294 g/mol. The van der Waals surface area contributed by atoms with Crippen molar-refractivity contribution in [2.24, 2.45) is 0 Å². The van der Waals surface area contributed by atoms with Crippen LogP contribution in [0.25, 0.3) is 10.9 Å². The van der Waals surface area contributed by atoms with Crippen LogP contribution in [0.5, 0.6) is 0 Å². The summed E-state index contributed by atoms with van der Waals surface area (Å²) < 4.78 is 32.0. The van der Waals surface area contributed by atoms with Crippen LogP contribution in [0.15, 0.2) is 18.3 Å². The molecule has 0 aliphatic carbocycles. The van der Waals surface area contributed by atoms with Gasteiger partial charge in [-0.25, -0.2) is 13.6 Å². The van der Waals surface area contributed by atoms with Crippen molar-refractivity contribution in [3.05, 3.63) is 35.5 Å². The summed E-state index contributed by atoms with van der Waals surface area (Å²) in [6.07, 6.45) is 2.02. The van der Waals surface area contributed by atoms with E-state index in [1.807, 2.05) is 6.92 Å². The van der Waals surface area contributed by atoms with E-state index >= 15 is 0 Å². The molecule has 4 nitrogen and oxygen atoms in total. The molecule has 1 aromatic carbocycles. The number of halogens is 2. The van der Waals surface area contributed by atoms with Gasteiger partial charge in [-0.15, -0.1) is 0 Å². The van der Waals surface area contributed by atoms with E-state index in [1.165, 1.54) is 12.3 Å². The van der Waals surface area contributed by atoms with Gasteiger partial charge in [0.1, 0.15) is 11.1 Å². The SMILES string of the molecule is CCCNc1c(C(=O)OCC)cnc2c(F)c(F)ccc12. The predicted octanol–water partition coefficient (Wildman–Crippen LogP) is 3.51. The lowest BCUT2D eigenvalue weighted by molar-refractivity contribution is 0.0527. The third kappa shape index (κ3) is 2.94. The first-order valence-electron chi connectivity index (χ1n) is 6.77. The molecule has 0 fully saturated rings. The third-order valence-electron chi connectivity index (χ3n) is 2.98. The Morgan fingerprint density at radius 1 is 1.33 bits per heavy atom. The summed E-state index contributed by atoms with van der Waals surface area (Å²) in [7, 11) is 0. The van der Waals surface area contributed by atoms with Crippen LogP contribution in [0.1, 0.15) is 30.6 Å². The van der Waals surface area contributed by atoms with Gasteiger partial charge in [0, 0.05) is 18.1 Å². The third-order valence-corrected chi connectivity index (χ3v) is 2.98. The summed E-state index contributed by atoms with van der Waals surface area (Å²) in [5.41, 5.74) is 0.518. The van der Waals surface area contributed by atoms with Crippen LogP contribution in [0, 0.1) is 11.6 Å². The zero-order valence-electron chi connectivity index (χ0n) is 11.9. The quantitative estimate of drug-likeness (QED) is 0.857. The van der Waals surface area contributed by atoms with E-state index in [0.29, 0.717) is 17.6 Å². The maximum absolute atomic E-state index is 13.8. The second-order valence-electron chi connectivity index (χ2n) is 4.45. The van der Waals surface area contributed by atoms with E-state index in [9.17, 15) is 13.6 Å². The summed E-state index contributed by atoms with van der Waals surface area (Å²) >= 11 is 0. The highest BCUT2D eigenvalue weighted by atomic mass is 19.2. The zero-order chi connectivity index (χ0) is 15.4. The molecule has 1 heterocycles. The lowest BCUT2D eigenvalue weighted by Crippen LogP contribution is -2.12. The molecule has 0 bridgehead atoms. The maximum Gasteiger partial charge on any atom is 0.341 e. The summed E-state index contributed by atoms with van der Waals surface area (Å²) in [6, 6.07) is 2.42. The summed E-state index contributed by atoms with van der Waals surface area (Å²) in [4.78, 5) is 15.8. The van der Waals surface area contributed by atoms with E-state index < -0.39 is 17.6 Å². The number of rotatable bonds is 5. The normalized spacial score (nSPS) is 10.7. The van der Waals surface area contributed by atoms with Crippen molar-refractivity contribution in [1.82, 2.24) is 4.98 Å². The minimum Gasteiger partial charge on any atom is -0.462 e. The van der Waals surface area contributed by atoms with Crippen molar-refractivity contribution >= 4 is 22.6 Å².